The summed E-state index contributed by atoms with van der Waals surface area (Å²) < 4.78 is 83.7. The summed E-state index contributed by atoms with van der Waals surface area (Å²) in [6.45, 7) is 7.48. The number of halogens is 3. The molecule has 8 aromatic rings. The van der Waals surface area contributed by atoms with Crippen LogP contribution in [-0.4, -0.2) is 170 Å². The quantitative estimate of drug-likeness (QED) is 0.0337. The van der Waals surface area contributed by atoms with E-state index in [4.69, 9.17) is 19.4 Å². The number of aliphatic hydroxyl groups excluding tert-OH is 1. The van der Waals surface area contributed by atoms with Gasteiger partial charge in [0.2, 0.25) is 11.9 Å². The van der Waals surface area contributed by atoms with Gasteiger partial charge in [0.05, 0.1) is 43.8 Å². The number of hydrogen-bond donors (Lipinski definition) is 5. The maximum Gasteiger partial charge on any atom is 0.390 e. The number of aliphatic carboxylic acids is 1. The maximum absolute atomic E-state index is 14.1. The second kappa shape index (κ2) is 27.6. The summed E-state index contributed by atoms with van der Waals surface area (Å²) in [6, 6.07) is 35.1. The lowest BCUT2D eigenvalue weighted by Crippen LogP contribution is -2.46. The van der Waals surface area contributed by atoms with Crippen LogP contribution in [0.15, 0.2) is 139 Å². The van der Waals surface area contributed by atoms with E-state index in [-0.39, 0.29) is 35.5 Å². The number of nitrogens with one attached hydrogen (secondary N) is 3. The Labute approximate surface area is 510 Å². The Hall–Kier alpha value is -7.93. The van der Waals surface area contributed by atoms with Gasteiger partial charge in [-0.15, -0.1) is 0 Å². The van der Waals surface area contributed by atoms with E-state index in [1.807, 2.05) is 78.5 Å². The second-order valence-electron chi connectivity index (χ2n) is 23.0. The van der Waals surface area contributed by atoms with Crippen molar-refractivity contribution >= 4 is 66.9 Å². The Morgan fingerprint density at radius 2 is 1.40 bits per heavy atom. The van der Waals surface area contributed by atoms with Crippen molar-refractivity contribution < 1.29 is 46.1 Å². The van der Waals surface area contributed by atoms with E-state index in [0.29, 0.717) is 98.4 Å². The van der Waals surface area contributed by atoms with Gasteiger partial charge in [0.15, 0.2) is 0 Å². The lowest BCUT2D eigenvalue weighted by Gasteiger charge is -2.34. The molecule has 88 heavy (non-hydrogen) atoms. The van der Waals surface area contributed by atoms with E-state index in [2.05, 4.69) is 70.2 Å². The fourth-order valence-corrected chi connectivity index (χ4v) is 13.6. The number of piperazine rings is 1. The second-order valence-corrected chi connectivity index (χ2v) is 24.7. The Balaban J connectivity index is 0.653. The molecule has 1 saturated carbocycles. The van der Waals surface area contributed by atoms with Gasteiger partial charge >= 0.3 is 12.1 Å². The number of fused-ring (bicyclic) bond motifs is 2. The summed E-state index contributed by atoms with van der Waals surface area (Å²) in [5.74, 6) is -0.430. The standard InChI is InChI=1S/C65H75F3N12O7S/c1-76(2)57-15-7-14-53-52(57)13-8-16-58(53)88(84,85)75-48-12-6-11-47(39-48)54-40-71-64(73-60(54)79-29-25-51(59(79)62(82)83)45-9-4-3-5-10-45)70-28-35-86-37-38-87-36-34-77-30-32-78(33-31-77)42-44-17-19-46(20-18-44)56-43-80(49-21-23-50(81)24-22-49)61-55(56)41-72-63(74-61)69-27-26-65(66,67)68/h3-20,39-41,43,49-51,59,75,81H,21-38,42H2,1-2H3,(H,82,83)(H,69,72,74)(H,70,71,73). The first-order chi connectivity index (χ1) is 42.5. The van der Waals surface area contributed by atoms with E-state index in [9.17, 15) is 36.6 Å². The molecule has 0 amide bonds. The molecule has 1 aliphatic carbocycles. The van der Waals surface area contributed by atoms with Crippen LogP contribution in [0.1, 0.15) is 61.6 Å². The van der Waals surface area contributed by atoms with Gasteiger partial charge in [-0.3, -0.25) is 14.5 Å². The molecule has 3 fully saturated rings. The molecule has 2 unspecified atom stereocenters. The minimum absolute atomic E-state index is 0.109. The van der Waals surface area contributed by atoms with Crippen LogP contribution in [0.5, 0.6) is 0 Å². The van der Waals surface area contributed by atoms with Crippen LogP contribution in [0.2, 0.25) is 0 Å². The van der Waals surface area contributed by atoms with Gasteiger partial charge in [-0.25, -0.2) is 23.2 Å². The zero-order valence-corrected chi connectivity index (χ0v) is 50.3. The predicted molar refractivity (Wildman–Crippen MR) is 337 cm³/mol. The van der Waals surface area contributed by atoms with Crippen LogP contribution < -0.4 is 25.2 Å². The summed E-state index contributed by atoms with van der Waals surface area (Å²) in [5, 5.41) is 29.2. The number of carbonyl (C=O) groups is 1. The van der Waals surface area contributed by atoms with Crippen molar-refractivity contribution in [2.75, 3.05) is 118 Å². The number of nitrogens with zero attached hydrogens (tertiary/aromatic N) is 9. The van der Waals surface area contributed by atoms with Gasteiger partial charge in [0.1, 0.15) is 17.5 Å². The molecule has 2 saturated heterocycles. The van der Waals surface area contributed by atoms with E-state index in [1.165, 1.54) is 5.56 Å². The van der Waals surface area contributed by atoms with Crippen molar-refractivity contribution in [3.8, 4) is 22.3 Å². The van der Waals surface area contributed by atoms with E-state index in [1.54, 1.807) is 48.8 Å². The number of ether oxygens (including phenoxy) is 2. The van der Waals surface area contributed by atoms with E-state index in [0.717, 1.165) is 85.3 Å². The highest BCUT2D eigenvalue weighted by atomic mass is 32.2. The number of hydrogen-bond acceptors (Lipinski definition) is 16. The molecule has 0 spiro atoms. The van der Waals surface area contributed by atoms with Crippen LogP contribution >= 0.6 is 0 Å². The van der Waals surface area contributed by atoms with Crippen molar-refractivity contribution in [1.82, 2.24) is 34.3 Å². The number of alkyl halides is 3. The van der Waals surface area contributed by atoms with Crippen LogP contribution in [0, 0.1) is 0 Å². The highest BCUT2D eigenvalue weighted by molar-refractivity contribution is 7.93. The van der Waals surface area contributed by atoms with Crippen LogP contribution in [0.25, 0.3) is 44.1 Å². The van der Waals surface area contributed by atoms with Gasteiger partial charge < -0.3 is 44.7 Å². The third-order valence-electron chi connectivity index (χ3n) is 16.9. The van der Waals surface area contributed by atoms with Crippen LogP contribution in [0.3, 0.4) is 0 Å². The van der Waals surface area contributed by atoms with Gasteiger partial charge in [-0.05, 0) is 78.6 Å². The molecule has 2 aliphatic heterocycles. The molecule has 19 nitrogen and oxygen atoms in total. The van der Waals surface area contributed by atoms with Crippen molar-refractivity contribution in [3.05, 3.63) is 145 Å². The lowest BCUT2D eigenvalue weighted by atomic mass is 9.91. The topological polar surface area (TPSA) is 216 Å². The predicted octanol–water partition coefficient (Wildman–Crippen LogP) is 10.1. The zero-order chi connectivity index (χ0) is 61.4. The summed E-state index contributed by atoms with van der Waals surface area (Å²) >= 11 is 0. The summed E-state index contributed by atoms with van der Waals surface area (Å²) in [6.07, 6.45) is 3.31. The molecule has 23 heteroatoms. The number of aliphatic hydroxyl groups is 1. The van der Waals surface area contributed by atoms with Crippen molar-refractivity contribution in [3.63, 3.8) is 0 Å². The number of aromatic nitrogens is 5. The minimum Gasteiger partial charge on any atom is -0.480 e. The van der Waals surface area contributed by atoms with Gasteiger partial charge in [0, 0.05) is 142 Å². The fraction of sp³-hybridized carbons (Fsp3) is 0.400. The highest BCUT2D eigenvalue weighted by Gasteiger charge is 2.42. The monoisotopic (exact) mass is 1220 g/mol. The smallest absolute Gasteiger partial charge is 0.390 e. The molecular weight excluding hydrogens is 1150 g/mol. The summed E-state index contributed by atoms with van der Waals surface area (Å²) in [5.41, 5.74) is 7.09. The van der Waals surface area contributed by atoms with Crippen molar-refractivity contribution in [1.29, 1.82) is 0 Å². The Bertz CT molecular complexity index is 3790. The van der Waals surface area contributed by atoms with Crippen molar-refractivity contribution in [2.24, 2.45) is 0 Å². The summed E-state index contributed by atoms with van der Waals surface area (Å²) in [4.78, 5) is 40.6. The molecule has 5 heterocycles. The molecule has 0 bridgehead atoms. The average molecular weight is 1230 g/mol. The Morgan fingerprint density at radius 3 is 2.15 bits per heavy atom. The number of carboxylic acid groups (broad SMARTS) is 1. The van der Waals surface area contributed by atoms with Gasteiger partial charge in [-0.2, -0.15) is 23.1 Å². The molecule has 2 atom stereocenters. The molecule has 464 valence electrons. The molecule has 3 aliphatic rings. The minimum atomic E-state index is -4.28. The number of sulfonamides is 1. The van der Waals surface area contributed by atoms with E-state index < -0.39 is 34.6 Å². The van der Waals surface area contributed by atoms with Crippen LogP contribution in [-0.2, 0) is 30.8 Å². The average Bonchev–Trinajstić information content (AvgIpc) is 1.63. The highest BCUT2D eigenvalue weighted by Crippen LogP contribution is 2.42. The van der Waals surface area contributed by atoms with Crippen molar-refractivity contribution in [2.45, 2.75) is 80.2 Å². The molecule has 5 N–H and O–H groups in total. The normalized spacial score (nSPS) is 18.7. The Kier molecular flexibility index (Phi) is 19.4. The fourth-order valence-electron chi connectivity index (χ4n) is 12.4. The number of benzene rings is 5. The zero-order valence-electron chi connectivity index (χ0n) is 49.4. The van der Waals surface area contributed by atoms with E-state index >= 15 is 0 Å². The van der Waals surface area contributed by atoms with Gasteiger partial charge in [0.25, 0.3) is 10.0 Å². The third kappa shape index (κ3) is 14.8. The van der Waals surface area contributed by atoms with Crippen LogP contribution in [0.4, 0.5) is 42.3 Å². The first kappa shape index (κ1) is 61.7. The molecule has 0 radical (unpaired) electrons. The SMILES string of the molecule is CN(C)c1cccc2c(S(=O)(=O)Nc3cccc(-c4cnc(NCCOCCOCCN5CCN(Cc6ccc(-c7cn(C8CCC(O)CC8)c8nc(NCCC(F)(F)F)ncc78)cc6)CC5)nc4N4CCC(c5ccccc5)C4C(=O)O)c3)cccc12. The first-order valence-corrected chi connectivity index (χ1v) is 31.6. The maximum atomic E-state index is 14.1. The number of anilines is 5. The first-order valence-electron chi connectivity index (χ1n) is 30.1. The Morgan fingerprint density at radius 1 is 0.705 bits per heavy atom. The molecule has 11 rings (SSSR count). The summed E-state index contributed by atoms with van der Waals surface area (Å²) in [7, 11) is -0.236. The lowest BCUT2D eigenvalue weighted by molar-refractivity contribution is -0.138. The molecule has 5 aromatic carbocycles. The van der Waals surface area contributed by atoms with Gasteiger partial charge in [-0.1, -0.05) is 91.0 Å². The molecular formula is C65H75F3N12O7S. The molecule has 3 aromatic heterocycles. The largest absolute Gasteiger partial charge is 0.480 e. The number of carboxylic acids is 1. The third-order valence-corrected chi connectivity index (χ3v) is 18.3. The number of rotatable bonds is 25.